The highest BCUT2D eigenvalue weighted by molar-refractivity contribution is 6.31. The topological polar surface area (TPSA) is 49.7 Å². The summed E-state index contributed by atoms with van der Waals surface area (Å²) in [7, 11) is 0. The first kappa shape index (κ1) is 20.0. The lowest BCUT2D eigenvalue weighted by atomic mass is 9.71. The maximum Gasteiger partial charge on any atom is 0.281 e. The predicted molar refractivity (Wildman–Crippen MR) is 114 cm³/mol. The molecular formula is C24H28N2O2. The van der Waals surface area contributed by atoms with Crippen molar-refractivity contribution in [3.63, 3.8) is 0 Å². The molecule has 1 amide bonds. The van der Waals surface area contributed by atoms with Crippen molar-refractivity contribution < 1.29 is 9.59 Å². The summed E-state index contributed by atoms with van der Waals surface area (Å²) in [5, 5.41) is 5.92. The van der Waals surface area contributed by atoms with Crippen LogP contribution in [0.2, 0.25) is 0 Å². The number of nitrogens with zero attached hydrogens (tertiary/aromatic N) is 2. The van der Waals surface area contributed by atoms with Crippen LogP contribution < -0.4 is 5.01 Å². The summed E-state index contributed by atoms with van der Waals surface area (Å²) in [4.78, 5) is 26.4. The van der Waals surface area contributed by atoms with Crippen molar-refractivity contribution in [3.05, 3.63) is 64.8 Å². The zero-order valence-electron chi connectivity index (χ0n) is 17.8. The van der Waals surface area contributed by atoms with Crippen molar-refractivity contribution in [2.75, 3.05) is 5.01 Å². The molecule has 0 saturated heterocycles. The molecule has 4 nitrogen and oxygen atoms in total. The molecule has 1 heterocycles. The summed E-state index contributed by atoms with van der Waals surface area (Å²) in [5.74, 6) is -0.105. The Hall–Kier alpha value is -2.75. The molecule has 28 heavy (non-hydrogen) atoms. The molecule has 0 atom stereocenters. The third-order valence-corrected chi connectivity index (χ3v) is 5.01. The SMILES string of the molecule is CC1=NN(c2ccccc2)C(=O)C1=C1C=C(C(C)(C)C)C(=O)C(C(C)(C)C)=C1. The molecule has 1 aliphatic heterocycles. The number of amides is 1. The minimum absolute atomic E-state index is 0.0595. The van der Waals surface area contributed by atoms with Crippen LogP contribution in [-0.4, -0.2) is 17.4 Å². The lowest BCUT2D eigenvalue weighted by Gasteiger charge is -2.31. The molecule has 0 N–H and O–H groups in total. The second-order valence-corrected chi connectivity index (χ2v) is 9.41. The minimum atomic E-state index is -0.320. The van der Waals surface area contributed by atoms with E-state index in [9.17, 15) is 9.59 Å². The van der Waals surface area contributed by atoms with Gasteiger partial charge < -0.3 is 0 Å². The van der Waals surface area contributed by atoms with E-state index >= 15 is 0 Å². The van der Waals surface area contributed by atoms with E-state index in [0.717, 1.165) is 22.4 Å². The fourth-order valence-corrected chi connectivity index (χ4v) is 3.47. The Morgan fingerprint density at radius 1 is 0.821 bits per heavy atom. The van der Waals surface area contributed by atoms with Gasteiger partial charge in [0.25, 0.3) is 5.91 Å². The van der Waals surface area contributed by atoms with Crippen molar-refractivity contribution >= 4 is 23.1 Å². The molecule has 2 aliphatic rings. The highest BCUT2D eigenvalue weighted by Crippen LogP contribution is 2.40. The van der Waals surface area contributed by atoms with Crippen LogP contribution >= 0.6 is 0 Å². The molecule has 1 aromatic carbocycles. The molecule has 0 saturated carbocycles. The van der Waals surface area contributed by atoms with Gasteiger partial charge in [0.1, 0.15) is 0 Å². The number of benzene rings is 1. The van der Waals surface area contributed by atoms with E-state index in [1.54, 1.807) is 0 Å². The lowest BCUT2D eigenvalue weighted by Crippen LogP contribution is -2.29. The zero-order chi connectivity index (χ0) is 20.9. The fraction of sp³-hybridized carbons (Fsp3) is 0.375. The van der Waals surface area contributed by atoms with Gasteiger partial charge in [0.05, 0.1) is 17.0 Å². The van der Waals surface area contributed by atoms with Gasteiger partial charge in [-0.3, -0.25) is 9.59 Å². The number of Topliss-reactive ketones (excluding diaryl/α,β-unsaturated/α-hetero) is 1. The number of rotatable bonds is 1. The standard InChI is InChI=1S/C24H28N2O2/c1-15-20(22(28)26(25-15)17-11-9-8-10-12-17)16-13-18(23(2,3)4)21(27)19(14-16)24(5,6)7/h8-14H,1-7H3. The van der Waals surface area contributed by atoms with Crippen LogP contribution in [0.5, 0.6) is 0 Å². The molecule has 0 aromatic heterocycles. The Morgan fingerprint density at radius 3 is 1.79 bits per heavy atom. The Morgan fingerprint density at radius 2 is 1.32 bits per heavy atom. The molecule has 1 aromatic rings. The fourth-order valence-electron chi connectivity index (χ4n) is 3.47. The summed E-state index contributed by atoms with van der Waals surface area (Å²) >= 11 is 0. The number of hydrogen-bond acceptors (Lipinski definition) is 3. The number of anilines is 1. The van der Waals surface area contributed by atoms with Gasteiger partial charge in [-0.15, -0.1) is 0 Å². The predicted octanol–water partition coefficient (Wildman–Crippen LogP) is 5.23. The lowest BCUT2D eigenvalue weighted by molar-refractivity contribution is -0.115. The van der Waals surface area contributed by atoms with Gasteiger partial charge in [-0.05, 0) is 47.6 Å². The first-order valence-corrected chi connectivity index (χ1v) is 9.59. The van der Waals surface area contributed by atoms with Gasteiger partial charge in [0.15, 0.2) is 5.78 Å². The van der Waals surface area contributed by atoms with Crippen molar-refractivity contribution in [1.82, 2.24) is 0 Å². The largest absolute Gasteiger partial charge is 0.289 e. The van der Waals surface area contributed by atoms with Crippen molar-refractivity contribution in [1.29, 1.82) is 0 Å². The number of hydrazone groups is 1. The first-order chi connectivity index (χ1) is 12.9. The zero-order valence-corrected chi connectivity index (χ0v) is 17.8. The second-order valence-electron chi connectivity index (χ2n) is 9.41. The van der Waals surface area contributed by atoms with Crippen molar-refractivity contribution in [2.24, 2.45) is 15.9 Å². The summed E-state index contributed by atoms with van der Waals surface area (Å²) in [5.41, 5.74) is 3.52. The van der Waals surface area contributed by atoms with Crippen LogP contribution in [0, 0.1) is 10.8 Å². The Balaban J connectivity index is 2.19. The number of ketones is 1. The molecule has 146 valence electrons. The maximum atomic E-state index is 13.2. The molecular weight excluding hydrogens is 348 g/mol. The second kappa shape index (κ2) is 6.69. The average Bonchev–Trinajstić information content (AvgIpc) is 2.88. The third-order valence-electron chi connectivity index (χ3n) is 5.01. The first-order valence-electron chi connectivity index (χ1n) is 9.59. The van der Waals surface area contributed by atoms with Gasteiger partial charge in [0, 0.05) is 11.1 Å². The molecule has 0 fully saturated rings. The quantitative estimate of drug-likeness (QED) is 0.630. The van der Waals surface area contributed by atoms with Crippen LogP contribution in [0.1, 0.15) is 48.5 Å². The van der Waals surface area contributed by atoms with Crippen LogP contribution in [0.25, 0.3) is 0 Å². The molecule has 1 aliphatic carbocycles. The molecule has 4 heteroatoms. The summed E-state index contributed by atoms with van der Waals surface area (Å²) in [6.07, 6.45) is 3.75. The van der Waals surface area contributed by atoms with E-state index < -0.39 is 0 Å². The molecule has 0 spiro atoms. The van der Waals surface area contributed by atoms with Gasteiger partial charge in [-0.1, -0.05) is 59.7 Å². The van der Waals surface area contributed by atoms with Gasteiger partial charge in [-0.25, -0.2) is 0 Å². The number of allylic oxidation sites excluding steroid dienone is 5. The van der Waals surface area contributed by atoms with Crippen LogP contribution in [0.15, 0.2) is 69.9 Å². The van der Waals surface area contributed by atoms with E-state index in [4.69, 9.17) is 0 Å². The molecule has 3 rings (SSSR count). The maximum absolute atomic E-state index is 13.2. The van der Waals surface area contributed by atoms with Crippen molar-refractivity contribution in [2.45, 2.75) is 48.5 Å². The molecule has 0 unspecified atom stereocenters. The summed E-state index contributed by atoms with van der Waals surface area (Å²) < 4.78 is 0. The van der Waals surface area contributed by atoms with E-state index in [2.05, 4.69) is 5.10 Å². The third kappa shape index (κ3) is 3.51. The van der Waals surface area contributed by atoms with Crippen LogP contribution in [0.3, 0.4) is 0 Å². The Bertz CT molecular complexity index is 926. The van der Waals surface area contributed by atoms with Gasteiger partial charge in [0.2, 0.25) is 0 Å². The highest BCUT2D eigenvalue weighted by atomic mass is 16.2. The number of carbonyl (C=O) groups excluding carboxylic acids is 2. The van der Waals surface area contributed by atoms with E-state index in [0.29, 0.717) is 11.3 Å². The summed E-state index contributed by atoms with van der Waals surface area (Å²) in [6.45, 7) is 14.0. The van der Waals surface area contributed by atoms with Gasteiger partial charge >= 0.3 is 0 Å². The van der Waals surface area contributed by atoms with E-state index in [1.807, 2.05) is 91.0 Å². The number of hydrogen-bond donors (Lipinski definition) is 0. The number of carbonyl (C=O) groups is 2. The molecule has 0 bridgehead atoms. The van der Waals surface area contributed by atoms with Crippen LogP contribution in [-0.2, 0) is 9.59 Å². The monoisotopic (exact) mass is 376 g/mol. The Labute approximate surface area is 167 Å². The van der Waals surface area contributed by atoms with Crippen LogP contribution in [0.4, 0.5) is 5.69 Å². The highest BCUT2D eigenvalue weighted by Gasteiger charge is 2.37. The van der Waals surface area contributed by atoms with Gasteiger partial charge in [-0.2, -0.15) is 10.1 Å². The van der Waals surface area contributed by atoms with Crippen molar-refractivity contribution in [3.8, 4) is 0 Å². The smallest absolute Gasteiger partial charge is 0.281 e. The minimum Gasteiger partial charge on any atom is -0.289 e. The Kier molecular flexibility index (Phi) is 4.78. The summed E-state index contributed by atoms with van der Waals surface area (Å²) in [6, 6.07) is 9.39. The van der Waals surface area contributed by atoms with E-state index in [1.165, 1.54) is 5.01 Å². The molecule has 0 radical (unpaired) electrons. The average molecular weight is 377 g/mol. The van der Waals surface area contributed by atoms with E-state index in [-0.39, 0.29) is 22.5 Å². The normalized spacial score (nSPS) is 18.4. The number of para-hydroxylation sites is 1.